The molecule has 8 heteroatoms. The van der Waals surface area contributed by atoms with Crippen LogP contribution in [0.3, 0.4) is 0 Å². The molecule has 0 unspecified atom stereocenters. The topological polar surface area (TPSA) is 54.5 Å². The highest BCUT2D eigenvalue weighted by molar-refractivity contribution is 7.71. The van der Waals surface area contributed by atoms with Crippen LogP contribution in [-0.4, -0.2) is 55.2 Å². The Morgan fingerprint density at radius 2 is 1.75 bits per heavy atom. The van der Waals surface area contributed by atoms with Crippen molar-refractivity contribution < 1.29 is 0 Å². The smallest absolute Gasteiger partial charge is 0.225 e. The van der Waals surface area contributed by atoms with Crippen LogP contribution >= 0.6 is 12.2 Å². The van der Waals surface area contributed by atoms with Crippen molar-refractivity contribution in [3.63, 3.8) is 0 Å². The van der Waals surface area contributed by atoms with Gasteiger partial charge in [-0.3, -0.25) is 9.30 Å². The number of benzene rings is 1. The van der Waals surface area contributed by atoms with Crippen molar-refractivity contribution in [2.24, 2.45) is 0 Å². The van der Waals surface area contributed by atoms with Gasteiger partial charge in [-0.2, -0.15) is 5.10 Å². The van der Waals surface area contributed by atoms with Crippen LogP contribution in [0, 0.1) is 11.7 Å². The summed E-state index contributed by atoms with van der Waals surface area (Å²) in [5.74, 6) is 0.799. The van der Waals surface area contributed by atoms with Gasteiger partial charge in [-0.15, -0.1) is 0 Å². The molecule has 142 valence electrons. The van der Waals surface area contributed by atoms with Crippen molar-refractivity contribution in [3.05, 3.63) is 59.1 Å². The Morgan fingerprint density at radius 3 is 2.54 bits per heavy atom. The van der Waals surface area contributed by atoms with Gasteiger partial charge in [-0.1, -0.05) is 18.2 Å². The molecule has 7 nitrogen and oxygen atoms in total. The number of para-hydroxylation sites is 1. The number of piperazine rings is 1. The number of fused-ring (bicyclic) bond motifs is 3. The summed E-state index contributed by atoms with van der Waals surface area (Å²) in [6.07, 6.45) is 3.58. The van der Waals surface area contributed by atoms with Crippen LogP contribution in [0.25, 0.3) is 16.6 Å². The van der Waals surface area contributed by atoms with Crippen molar-refractivity contribution >= 4 is 34.7 Å². The summed E-state index contributed by atoms with van der Waals surface area (Å²) in [6, 6.07) is 12.3. The van der Waals surface area contributed by atoms with Gasteiger partial charge in [-0.25, -0.2) is 14.6 Å². The van der Waals surface area contributed by atoms with Gasteiger partial charge in [0.05, 0.1) is 12.2 Å². The number of pyridine rings is 1. The van der Waals surface area contributed by atoms with E-state index >= 15 is 0 Å². The van der Waals surface area contributed by atoms with Crippen LogP contribution in [0.15, 0.2) is 48.8 Å². The first-order chi connectivity index (χ1) is 13.7. The van der Waals surface area contributed by atoms with Crippen LogP contribution in [0.4, 0.5) is 5.95 Å². The predicted octanol–water partition coefficient (Wildman–Crippen LogP) is 2.90. The Bertz CT molecular complexity index is 1190. The Morgan fingerprint density at radius 1 is 1.00 bits per heavy atom. The Balaban J connectivity index is 1.40. The van der Waals surface area contributed by atoms with Crippen LogP contribution in [0.2, 0.25) is 0 Å². The second kappa shape index (κ2) is 6.96. The van der Waals surface area contributed by atoms with Crippen molar-refractivity contribution in [2.45, 2.75) is 13.6 Å². The van der Waals surface area contributed by atoms with Gasteiger partial charge < -0.3 is 4.90 Å². The average Bonchev–Trinajstić information content (AvgIpc) is 3.04. The number of hydrogen-bond donors (Lipinski definition) is 0. The van der Waals surface area contributed by atoms with Crippen LogP contribution in [0.1, 0.15) is 5.56 Å². The molecular formula is C20H21N7S. The molecule has 0 amide bonds. The molecule has 4 heterocycles. The number of hydrogen-bond acceptors (Lipinski definition) is 6. The Kier molecular flexibility index (Phi) is 4.29. The van der Waals surface area contributed by atoms with Gasteiger partial charge >= 0.3 is 0 Å². The molecule has 0 bridgehead atoms. The Labute approximate surface area is 167 Å². The van der Waals surface area contributed by atoms with E-state index in [2.05, 4.69) is 55.4 Å². The number of anilines is 1. The fraction of sp³-hybridized carbons (Fsp3) is 0.300. The lowest BCUT2D eigenvalue weighted by molar-refractivity contribution is 0.194. The first kappa shape index (κ1) is 17.3. The van der Waals surface area contributed by atoms with Crippen molar-refractivity contribution in [3.8, 4) is 0 Å². The van der Waals surface area contributed by atoms with Crippen molar-refractivity contribution in [2.75, 3.05) is 31.1 Å². The molecule has 1 aliphatic rings. The first-order valence-corrected chi connectivity index (χ1v) is 9.84. The minimum atomic E-state index is 0.692. The molecule has 4 aromatic rings. The fourth-order valence-electron chi connectivity index (χ4n) is 3.84. The van der Waals surface area contributed by atoms with Gasteiger partial charge in [0.1, 0.15) is 0 Å². The highest BCUT2D eigenvalue weighted by atomic mass is 32.1. The molecule has 28 heavy (non-hydrogen) atoms. The predicted molar refractivity (Wildman–Crippen MR) is 112 cm³/mol. The second-order valence-corrected chi connectivity index (χ2v) is 7.48. The van der Waals surface area contributed by atoms with E-state index in [1.54, 1.807) is 12.4 Å². The summed E-state index contributed by atoms with van der Waals surface area (Å²) in [4.78, 5) is 13.3. The van der Waals surface area contributed by atoms with Gasteiger partial charge in [0, 0.05) is 44.0 Å². The summed E-state index contributed by atoms with van der Waals surface area (Å²) in [5.41, 5.74) is 3.23. The highest BCUT2D eigenvalue weighted by Crippen LogP contribution is 2.21. The molecule has 0 saturated carbocycles. The lowest BCUT2D eigenvalue weighted by Gasteiger charge is -2.34. The van der Waals surface area contributed by atoms with E-state index in [9.17, 15) is 0 Å². The maximum absolute atomic E-state index is 5.77. The normalized spacial score (nSPS) is 15.5. The van der Waals surface area contributed by atoms with Gasteiger partial charge in [-0.05, 0) is 42.9 Å². The molecule has 5 rings (SSSR count). The van der Waals surface area contributed by atoms with E-state index in [4.69, 9.17) is 17.3 Å². The maximum Gasteiger partial charge on any atom is 0.225 e. The molecule has 0 radical (unpaired) electrons. The van der Waals surface area contributed by atoms with Gasteiger partial charge in [0.2, 0.25) is 10.7 Å². The van der Waals surface area contributed by atoms with E-state index < -0.39 is 0 Å². The lowest BCUT2D eigenvalue weighted by atomic mass is 10.1. The largest absolute Gasteiger partial charge is 0.338 e. The molecule has 1 aliphatic heterocycles. The molecule has 1 aromatic carbocycles. The van der Waals surface area contributed by atoms with E-state index in [0.29, 0.717) is 6.67 Å². The summed E-state index contributed by atoms with van der Waals surface area (Å²) < 4.78 is 4.75. The zero-order chi connectivity index (χ0) is 19.1. The quantitative estimate of drug-likeness (QED) is 0.501. The monoisotopic (exact) mass is 391 g/mol. The van der Waals surface area contributed by atoms with Crippen molar-refractivity contribution in [1.82, 2.24) is 29.0 Å². The number of aryl methyl sites for hydroxylation is 1. The lowest BCUT2D eigenvalue weighted by Crippen LogP contribution is -2.47. The average molecular weight is 392 g/mol. The number of rotatable bonds is 3. The summed E-state index contributed by atoms with van der Waals surface area (Å²) in [5, 5.41) is 6.00. The summed E-state index contributed by atoms with van der Waals surface area (Å²) in [6.45, 7) is 6.45. The standard InChI is InChI=1S/C20H21N7S/c1-15-13-18-23-26(20(28)27(18)17-6-3-2-5-16(15)17)14-24-9-11-25(12-10-24)19-21-7-4-8-22-19/h2-8,13H,9-12,14H2,1H3. The minimum absolute atomic E-state index is 0.692. The number of aromatic nitrogens is 5. The fourth-order valence-corrected chi connectivity index (χ4v) is 4.13. The van der Waals surface area contributed by atoms with E-state index in [0.717, 1.165) is 48.1 Å². The zero-order valence-electron chi connectivity index (χ0n) is 15.7. The molecule has 3 aromatic heterocycles. The van der Waals surface area contributed by atoms with Gasteiger partial charge in [0.25, 0.3) is 0 Å². The molecule has 0 atom stereocenters. The van der Waals surface area contributed by atoms with Crippen LogP contribution < -0.4 is 4.90 Å². The number of nitrogens with zero attached hydrogens (tertiary/aromatic N) is 7. The molecule has 0 N–H and O–H groups in total. The second-order valence-electron chi connectivity index (χ2n) is 7.12. The molecule has 0 spiro atoms. The van der Waals surface area contributed by atoms with Crippen LogP contribution in [-0.2, 0) is 6.67 Å². The molecular weight excluding hydrogens is 370 g/mol. The maximum atomic E-state index is 5.77. The SMILES string of the molecule is Cc1cc2nn(CN3CCN(c4ncccn4)CC3)c(=S)n2c2ccccc12. The zero-order valence-corrected chi connectivity index (χ0v) is 16.5. The summed E-state index contributed by atoms with van der Waals surface area (Å²) >= 11 is 5.77. The van der Waals surface area contributed by atoms with E-state index in [1.807, 2.05) is 16.8 Å². The van der Waals surface area contributed by atoms with Crippen LogP contribution in [0.5, 0.6) is 0 Å². The molecule has 1 saturated heterocycles. The highest BCUT2D eigenvalue weighted by Gasteiger charge is 2.20. The third kappa shape index (κ3) is 2.94. The molecule has 1 fully saturated rings. The third-order valence-electron chi connectivity index (χ3n) is 5.32. The Hall–Kier alpha value is -2.84. The van der Waals surface area contributed by atoms with E-state index in [-0.39, 0.29) is 0 Å². The van der Waals surface area contributed by atoms with Gasteiger partial charge in [0.15, 0.2) is 5.65 Å². The summed E-state index contributed by atoms with van der Waals surface area (Å²) in [7, 11) is 0. The third-order valence-corrected chi connectivity index (χ3v) is 5.71. The molecule has 0 aliphatic carbocycles. The first-order valence-electron chi connectivity index (χ1n) is 9.43. The van der Waals surface area contributed by atoms with E-state index in [1.165, 1.54) is 10.9 Å². The minimum Gasteiger partial charge on any atom is -0.338 e. The van der Waals surface area contributed by atoms with Crippen molar-refractivity contribution in [1.29, 1.82) is 0 Å².